The zero-order chi connectivity index (χ0) is 15.0. The molecule has 2 atom stereocenters. The molecule has 21 heavy (non-hydrogen) atoms. The van der Waals surface area contributed by atoms with Gasteiger partial charge in [0.2, 0.25) is 0 Å². The summed E-state index contributed by atoms with van der Waals surface area (Å²) in [5.41, 5.74) is 4.22. The molecule has 3 heterocycles. The molecule has 3 rings (SSSR count). The van der Waals surface area contributed by atoms with Gasteiger partial charge in [0, 0.05) is 48.3 Å². The molecule has 4 nitrogen and oxygen atoms in total. The Kier molecular flexibility index (Phi) is 3.55. The number of hydrogen-bond donors (Lipinski definition) is 2. The highest BCUT2D eigenvalue weighted by molar-refractivity contribution is 5.84. The number of pyridine rings is 1. The van der Waals surface area contributed by atoms with Crippen LogP contribution in [-0.2, 0) is 0 Å². The Morgan fingerprint density at radius 1 is 1.33 bits per heavy atom. The van der Waals surface area contributed by atoms with Crippen molar-refractivity contribution in [3.05, 3.63) is 48.3 Å². The van der Waals surface area contributed by atoms with Crippen LogP contribution >= 0.6 is 0 Å². The van der Waals surface area contributed by atoms with E-state index < -0.39 is 0 Å². The average molecular weight is 282 g/mol. The maximum Gasteiger partial charge on any atom is 0.139 e. The Balaban J connectivity index is 2.03. The second-order valence-electron chi connectivity index (χ2n) is 5.87. The topological polar surface area (TPSA) is 40.2 Å². The zero-order valence-electron chi connectivity index (χ0n) is 12.7. The van der Waals surface area contributed by atoms with E-state index in [0.29, 0.717) is 12.1 Å². The number of fused-ring (bicyclic) bond motifs is 1. The molecule has 2 aliphatic rings. The molecular weight excluding hydrogens is 260 g/mol. The summed E-state index contributed by atoms with van der Waals surface area (Å²) in [7, 11) is 0. The minimum atomic E-state index is 0.479. The van der Waals surface area contributed by atoms with E-state index in [9.17, 15) is 0 Å². The Labute approximate surface area is 126 Å². The van der Waals surface area contributed by atoms with Gasteiger partial charge in [-0.15, -0.1) is 0 Å². The van der Waals surface area contributed by atoms with Gasteiger partial charge in [-0.2, -0.15) is 0 Å². The highest BCUT2D eigenvalue weighted by Gasteiger charge is 2.25. The maximum atomic E-state index is 4.44. The van der Waals surface area contributed by atoms with E-state index in [2.05, 4.69) is 59.7 Å². The van der Waals surface area contributed by atoms with Gasteiger partial charge in [0.15, 0.2) is 0 Å². The average Bonchev–Trinajstić information content (AvgIpc) is 2.44. The predicted molar refractivity (Wildman–Crippen MR) is 89.4 cm³/mol. The third-order valence-electron chi connectivity index (χ3n) is 4.00. The molecule has 1 aromatic rings. The van der Waals surface area contributed by atoms with Gasteiger partial charge in [0.1, 0.15) is 5.82 Å². The Morgan fingerprint density at radius 2 is 2.05 bits per heavy atom. The molecule has 110 valence electrons. The molecule has 2 aliphatic heterocycles. The van der Waals surface area contributed by atoms with E-state index >= 15 is 0 Å². The zero-order valence-corrected chi connectivity index (χ0v) is 12.7. The molecule has 1 aromatic heterocycles. The number of hydrogen-bond acceptors (Lipinski definition) is 4. The number of aromatic nitrogens is 1. The highest BCUT2D eigenvalue weighted by atomic mass is 15.2. The number of piperazine rings is 1. The number of nitrogens with one attached hydrogen (secondary N) is 2. The maximum absolute atomic E-state index is 4.44. The minimum absolute atomic E-state index is 0.479. The summed E-state index contributed by atoms with van der Waals surface area (Å²) in [5.74, 6) is 0.877. The predicted octanol–water partition coefficient (Wildman–Crippen LogP) is 2.78. The van der Waals surface area contributed by atoms with Gasteiger partial charge in [-0.25, -0.2) is 4.98 Å². The molecule has 1 saturated heterocycles. The summed E-state index contributed by atoms with van der Waals surface area (Å²) in [6, 6.07) is 3.05. The smallest absolute Gasteiger partial charge is 0.139 e. The van der Waals surface area contributed by atoms with Crippen LogP contribution in [0.2, 0.25) is 0 Å². The van der Waals surface area contributed by atoms with E-state index in [1.54, 1.807) is 0 Å². The van der Waals surface area contributed by atoms with Crippen LogP contribution in [0.3, 0.4) is 0 Å². The summed E-state index contributed by atoms with van der Waals surface area (Å²) >= 11 is 0. The van der Waals surface area contributed by atoms with Crippen LogP contribution in [0.1, 0.15) is 19.4 Å². The molecule has 0 spiro atoms. The lowest BCUT2D eigenvalue weighted by Crippen LogP contribution is -2.54. The van der Waals surface area contributed by atoms with E-state index in [1.165, 1.54) is 5.69 Å². The van der Waals surface area contributed by atoms with E-state index in [-0.39, 0.29) is 0 Å². The first-order chi connectivity index (χ1) is 10.1. The molecule has 0 aromatic carbocycles. The van der Waals surface area contributed by atoms with E-state index in [0.717, 1.165) is 35.7 Å². The van der Waals surface area contributed by atoms with Crippen LogP contribution in [0.5, 0.6) is 0 Å². The third kappa shape index (κ3) is 2.59. The molecule has 0 saturated carbocycles. The quantitative estimate of drug-likeness (QED) is 0.875. The fourth-order valence-corrected chi connectivity index (χ4v) is 3.14. The fraction of sp³-hybridized carbons (Fsp3) is 0.353. The summed E-state index contributed by atoms with van der Waals surface area (Å²) in [6.07, 6.45) is 5.82. The van der Waals surface area contributed by atoms with Crippen LogP contribution in [0.15, 0.2) is 42.8 Å². The van der Waals surface area contributed by atoms with Crippen molar-refractivity contribution < 1.29 is 0 Å². The fourth-order valence-electron chi connectivity index (χ4n) is 3.14. The van der Waals surface area contributed by atoms with Crippen molar-refractivity contribution in [2.45, 2.75) is 25.9 Å². The van der Waals surface area contributed by atoms with Crippen molar-refractivity contribution in [3.63, 3.8) is 0 Å². The molecule has 1 fully saturated rings. The molecule has 0 radical (unpaired) electrons. The number of allylic oxidation sites excluding steroid dienone is 1. The van der Waals surface area contributed by atoms with Gasteiger partial charge < -0.3 is 15.5 Å². The van der Waals surface area contributed by atoms with Crippen LogP contribution in [0.25, 0.3) is 6.08 Å². The molecular formula is C17H22N4. The van der Waals surface area contributed by atoms with Crippen LogP contribution < -0.4 is 15.5 Å². The molecule has 4 heteroatoms. The first-order valence-corrected chi connectivity index (χ1v) is 7.39. The van der Waals surface area contributed by atoms with Crippen molar-refractivity contribution >= 4 is 17.6 Å². The Bertz CT molecular complexity index is 607. The van der Waals surface area contributed by atoms with Crippen LogP contribution in [0.4, 0.5) is 11.5 Å². The lowest BCUT2D eigenvalue weighted by Gasteiger charge is -2.39. The van der Waals surface area contributed by atoms with Crippen LogP contribution in [-0.4, -0.2) is 30.2 Å². The van der Waals surface area contributed by atoms with Crippen molar-refractivity contribution in [1.82, 2.24) is 10.3 Å². The van der Waals surface area contributed by atoms with Crippen molar-refractivity contribution in [3.8, 4) is 0 Å². The second kappa shape index (κ2) is 5.37. The molecule has 0 aliphatic carbocycles. The standard InChI is InChI=1S/C17H22N4/c1-5-14-8-15-16(6-7-18-17(15)20-13(14)4)21-9-11(2)19-12(3)10-21/h5-8,11-12,19H,1,4,9-10H2,2-3H3,(H,18,20). The lowest BCUT2D eigenvalue weighted by molar-refractivity contribution is 0.407. The molecule has 2 N–H and O–H groups in total. The third-order valence-corrected chi connectivity index (χ3v) is 4.00. The molecule has 0 amide bonds. The molecule has 0 bridgehead atoms. The first-order valence-electron chi connectivity index (χ1n) is 7.39. The Morgan fingerprint density at radius 3 is 2.71 bits per heavy atom. The normalized spacial score (nSPS) is 25.0. The summed E-state index contributed by atoms with van der Waals surface area (Å²) in [6.45, 7) is 14.3. The Hall–Kier alpha value is -2.07. The van der Waals surface area contributed by atoms with E-state index in [4.69, 9.17) is 0 Å². The van der Waals surface area contributed by atoms with Crippen molar-refractivity contribution in [1.29, 1.82) is 0 Å². The highest BCUT2D eigenvalue weighted by Crippen LogP contribution is 2.34. The van der Waals surface area contributed by atoms with Gasteiger partial charge >= 0.3 is 0 Å². The number of rotatable bonds is 2. The van der Waals surface area contributed by atoms with E-state index in [1.807, 2.05) is 12.3 Å². The summed E-state index contributed by atoms with van der Waals surface area (Å²) in [4.78, 5) is 6.87. The minimum Gasteiger partial charge on any atom is -0.368 e. The van der Waals surface area contributed by atoms with Gasteiger partial charge in [-0.05, 0) is 31.6 Å². The number of anilines is 2. The summed E-state index contributed by atoms with van der Waals surface area (Å²) in [5, 5.41) is 6.84. The largest absolute Gasteiger partial charge is 0.368 e. The second-order valence-corrected chi connectivity index (χ2v) is 5.87. The van der Waals surface area contributed by atoms with Gasteiger partial charge in [-0.1, -0.05) is 19.2 Å². The van der Waals surface area contributed by atoms with Crippen molar-refractivity contribution in [2.24, 2.45) is 0 Å². The van der Waals surface area contributed by atoms with Gasteiger partial charge in [-0.3, -0.25) is 0 Å². The van der Waals surface area contributed by atoms with Gasteiger partial charge in [0.05, 0.1) is 0 Å². The van der Waals surface area contributed by atoms with Crippen LogP contribution in [0, 0.1) is 0 Å². The SMILES string of the molecule is C=CC1=Cc2c(N3CC(C)NC(C)C3)ccnc2NC1=C. The molecule has 2 unspecified atom stereocenters. The monoisotopic (exact) mass is 282 g/mol. The summed E-state index contributed by atoms with van der Waals surface area (Å²) < 4.78 is 0. The lowest BCUT2D eigenvalue weighted by atomic mass is 10.0. The van der Waals surface area contributed by atoms with Gasteiger partial charge in [0.25, 0.3) is 0 Å². The number of nitrogens with zero attached hydrogens (tertiary/aromatic N) is 2. The first kappa shape index (κ1) is 13.9. The van der Waals surface area contributed by atoms with Crippen molar-refractivity contribution in [2.75, 3.05) is 23.3 Å².